The molecule has 0 radical (unpaired) electrons. The number of carbonyl (C=O) groups excluding carboxylic acids is 1. The van der Waals surface area contributed by atoms with Crippen molar-refractivity contribution >= 4 is 6.29 Å². The minimum Gasteiger partial charge on any atom is -0.300 e. The van der Waals surface area contributed by atoms with Gasteiger partial charge in [-0.1, -0.05) is 6.42 Å². The fourth-order valence-electron chi connectivity index (χ4n) is 2.14. The Morgan fingerprint density at radius 2 is 2.42 bits per heavy atom. The van der Waals surface area contributed by atoms with Crippen molar-refractivity contribution in [2.45, 2.75) is 44.2 Å². The van der Waals surface area contributed by atoms with Crippen LogP contribution in [-0.2, 0) is 9.63 Å². The lowest BCUT2D eigenvalue weighted by Crippen LogP contribution is -2.33. The summed E-state index contributed by atoms with van der Waals surface area (Å²) in [5, 5.41) is 2.00. The zero-order chi connectivity index (χ0) is 8.60. The average molecular weight is 169 g/mol. The van der Waals surface area contributed by atoms with E-state index in [4.69, 9.17) is 4.84 Å². The van der Waals surface area contributed by atoms with Crippen LogP contribution < -0.4 is 0 Å². The van der Waals surface area contributed by atoms with E-state index in [1.54, 1.807) is 0 Å². The fraction of sp³-hybridized carbons (Fsp3) is 0.889. The zero-order valence-corrected chi connectivity index (χ0v) is 7.45. The molecule has 2 aliphatic rings. The first kappa shape index (κ1) is 8.20. The Morgan fingerprint density at radius 3 is 3.08 bits per heavy atom. The highest BCUT2D eigenvalue weighted by atomic mass is 16.7. The molecule has 2 saturated heterocycles. The summed E-state index contributed by atoms with van der Waals surface area (Å²) in [5.74, 6) is 0. The molecule has 2 fully saturated rings. The molecule has 0 bridgehead atoms. The molecule has 0 N–H and O–H groups in total. The summed E-state index contributed by atoms with van der Waals surface area (Å²) in [6, 6.07) is 0.494. The minimum atomic E-state index is -0.533. The van der Waals surface area contributed by atoms with Crippen LogP contribution in [0, 0.1) is 0 Å². The van der Waals surface area contributed by atoms with Crippen LogP contribution in [-0.4, -0.2) is 29.5 Å². The first-order valence-electron chi connectivity index (χ1n) is 4.66. The molecule has 0 aliphatic carbocycles. The van der Waals surface area contributed by atoms with E-state index >= 15 is 0 Å². The second kappa shape index (κ2) is 2.82. The summed E-state index contributed by atoms with van der Waals surface area (Å²) in [5.41, 5.74) is -0.533. The third kappa shape index (κ3) is 1.27. The molecule has 2 atom stereocenters. The van der Waals surface area contributed by atoms with Crippen molar-refractivity contribution in [1.29, 1.82) is 0 Å². The van der Waals surface area contributed by atoms with Gasteiger partial charge in [-0.2, -0.15) is 5.06 Å². The lowest BCUT2D eigenvalue weighted by molar-refractivity contribution is -0.200. The molecule has 0 amide bonds. The lowest BCUT2D eigenvalue weighted by Gasteiger charge is -2.27. The van der Waals surface area contributed by atoms with Gasteiger partial charge in [-0.05, 0) is 19.8 Å². The third-order valence-corrected chi connectivity index (χ3v) is 2.79. The van der Waals surface area contributed by atoms with Crippen LogP contribution in [0.25, 0.3) is 0 Å². The van der Waals surface area contributed by atoms with Gasteiger partial charge in [0.15, 0.2) is 6.29 Å². The molecule has 2 aliphatic heterocycles. The number of aldehydes is 1. The monoisotopic (exact) mass is 169 g/mol. The van der Waals surface area contributed by atoms with Crippen molar-refractivity contribution in [3.8, 4) is 0 Å². The number of fused-ring (bicyclic) bond motifs is 1. The Bertz CT molecular complexity index is 179. The maximum absolute atomic E-state index is 10.7. The molecule has 2 heterocycles. The second-order valence-corrected chi connectivity index (χ2v) is 4.02. The highest BCUT2D eigenvalue weighted by Gasteiger charge is 2.42. The number of hydroxylamine groups is 2. The fourth-order valence-corrected chi connectivity index (χ4v) is 2.14. The third-order valence-electron chi connectivity index (χ3n) is 2.79. The van der Waals surface area contributed by atoms with E-state index in [-0.39, 0.29) is 0 Å². The predicted octanol–water partition coefficient (Wildman–Crippen LogP) is 1.13. The van der Waals surface area contributed by atoms with E-state index in [9.17, 15) is 4.79 Å². The first-order chi connectivity index (χ1) is 5.73. The van der Waals surface area contributed by atoms with Gasteiger partial charge >= 0.3 is 0 Å². The molecule has 2 rings (SSSR count). The molecule has 12 heavy (non-hydrogen) atoms. The normalized spacial score (nSPS) is 42.6. The molecule has 3 heteroatoms. The maximum atomic E-state index is 10.7. The van der Waals surface area contributed by atoms with Gasteiger partial charge < -0.3 is 4.79 Å². The van der Waals surface area contributed by atoms with Gasteiger partial charge in [0.25, 0.3) is 0 Å². The largest absolute Gasteiger partial charge is 0.300 e. The molecule has 0 aromatic carbocycles. The van der Waals surface area contributed by atoms with Gasteiger partial charge in [0.05, 0.1) is 0 Å². The standard InChI is InChI=1S/C9H15NO2/c1-9(7-11)6-8-4-2-3-5-10(8)12-9/h7-8H,2-6H2,1H3. The molecule has 0 aromatic rings. The van der Waals surface area contributed by atoms with Gasteiger partial charge in [-0.15, -0.1) is 0 Å². The van der Waals surface area contributed by atoms with Crippen LogP contribution in [0.1, 0.15) is 32.6 Å². The van der Waals surface area contributed by atoms with Crippen LogP contribution >= 0.6 is 0 Å². The van der Waals surface area contributed by atoms with E-state index in [2.05, 4.69) is 0 Å². The van der Waals surface area contributed by atoms with Gasteiger partial charge in [-0.3, -0.25) is 4.84 Å². The van der Waals surface area contributed by atoms with Crippen LogP contribution in [0.5, 0.6) is 0 Å². The van der Waals surface area contributed by atoms with Crippen molar-refractivity contribution in [1.82, 2.24) is 5.06 Å². The summed E-state index contributed by atoms with van der Waals surface area (Å²) >= 11 is 0. The van der Waals surface area contributed by atoms with Crippen LogP contribution in [0.4, 0.5) is 0 Å². The van der Waals surface area contributed by atoms with E-state index in [0.717, 1.165) is 19.3 Å². The van der Waals surface area contributed by atoms with Crippen molar-refractivity contribution in [2.24, 2.45) is 0 Å². The van der Waals surface area contributed by atoms with Gasteiger partial charge in [0.1, 0.15) is 5.60 Å². The van der Waals surface area contributed by atoms with Crippen LogP contribution in [0.2, 0.25) is 0 Å². The van der Waals surface area contributed by atoms with E-state index in [1.807, 2.05) is 12.0 Å². The molecule has 68 valence electrons. The van der Waals surface area contributed by atoms with E-state index in [1.165, 1.54) is 19.3 Å². The quantitative estimate of drug-likeness (QED) is 0.551. The number of nitrogens with zero attached hydrogens (tertiary/aromatic N) is 1. The predicted molar refractivity (Wildman–Crippen MR) is 44.5 cm³/mol. The summed E-state index contributed by atoms with van der Waals surface area (Å²) in [6.45, 7) is 2.87. The maximum Gasteiger partial charge on any atom is 0.153 e. The Balaban J connectivity index is 2.07. The Labute approximate surface area is 72.6 Å². The van der Waals surface area contributed by atoms with Crippen LogP contribution in [0.3, 0.4) is 0 Å². The van der Waals surface area contributed by atoms with E-state index in [0.29, 0.717) is 6.04 Å². The molecule has 3 nitrogen and oxygen atoms in total. The Hall–Kier alpha value is -0.410. The summed E-state index contributed by atoms with van der Waals surface area (Å²) < 4.78 is 0. The lowest BCUT2D eigenvalue weighted by atomic mass is 9.95. The second-order valence-electron chi connectivity index (χ2n) is 4.02. The minimum absolute atomic E-state index is 0.494. The summed E-state index contributed by atoms with van der Waals surface area (Å²) in [4.78, 5) is 16.3. The molecule has 0 aromatic heterocycles. The number of carbonyl (C=O) groups is 1. The summed E-state index contributed by atoms with van der Waals surface area (Å²) in [6.07, 6.45) is 5.47. The van der Waals surface area contributed by atoms with Crippen molar-refractivity contribution in [3.63, 3.8) is 0 Å². The number of hydrogen-bond donors (Lipinski definition) is 0. The number of hydrogen-bond acceptors (Lipinski definition) is 3. The van der Waals surface area contributed by atoms with Gasteiger partial charge in [0, 0.05) is 19.0 Å². The zero-order valence-electron chi connectivity index (χ0n) is 7.45. The number of piperidine rings is 1. The molecule has 0 saturated carbocycles. The summed E-state index contributed by atoms with van der Waals surface area (Å²) in [7, 11) is 0. The van der Waals surface area contributed by atoms with Crippen molar-refractivity contribution < 1.29 is 9.63 Å². The molecular weight excluding hydrogens is 154 g/mol. The van der Waals surface area contributed by atoms with Gasteiger partial charge in [0.2, 0.25) is 0 Å². The smallest absolute Gasteiger partial charge is 0.153 e. The van der Waals surface area contributed by atoms with Crippen LogP contribution in [0.15, 0.2) is 0 Å². The van der Waals surface area contributed by atoms with Gasteiger partial charge in [-0.25, -0.2) is 0 Å². The molecule has 0 spiro atoms. The van der Waals surface area contributed by atoms with Crippen molar-refractivity contribution in [3.05, 3.63) is 0 Å². The average Bonchev–Trinajstić information content (AvgIpc) is 2.42. The SMILES string of the molecule is CC1(C=O)CC2CCCCN2O1. The highest BCUT2D eigenvalue weighted by molar-refractivity contribution is 5.62. The topological polar surface area (TPSA) is 29.5 Å². The van der Waals surface area contributed by atoms with E-state index < -0.39 is 5.60 Å². The Morgan fingerprint density at radius 1 is 1.58 bits per heavy atom. The molecular formula is C9H15NO2. The number of rotatable bonds is 1. The highest BCUT2D eigenvalue weighted by Crippen LogP contribution is 2.34. The Kier molecular flexibility index (Phi) is 1.93. The molecule has 2 unspecified atom stereocenters. The van der Waals surface area contributed by atoms with Crippen molar-refractivity contribution in [2.75, 3.05) is 6.54 Å². The first-order valence-corrected chi connectivity index (χ1v) is 4.66.